The number of nitrogens with zero attached hydrogens (tertiary/aromatic N) is 3. The quantitative estimate of drug-likeness (QED) is 0.454. The molecule has 5 rings (SSSR count). The molecule has 0 unspecified atom stereocenters. The van der Waals surface area contributed by atoms with E-state index in [1.165, 1.54) is 13.8 Å². The Bertz CT molecular complexity index is 1230. The van der Waals surface area contributed by atoms with E-state index in [4.69, 9.17) is 0 Å². The van der Waals surface area contributed by atoms with Gasteiger partial charge in [0.2, 0.25) is 0 Å². The maximum Gasteiger partial charge on any atom is 0.417 e. The number of thiazole rings is 1. The van der Waals surface area contributed by atoms with Gasteiger partial charge in [0.1, 0.15) is 11.5 Å². The summed E-state index contributed by atoms with van der Waals surface area (Å²) < 4.78 is 43.1. The molecule has 2 bridgehead atoms. The minimum Gasteiger partial charge on any atom is -0.389 e. The van der Waals surface area contributed by atoms with Crippen LogP contribution in [-0.4, -0.2) is 61.6 Å². The topological polar surface area (TPSA) is 107 Å². The number of pyridine rings is 1. The summed E-state index contributed by atoms with van der Waals surface area (Å²) in [7, 11) is 0. The Morgan fingerprint density at radius 1 is 1.18 bits per heavy atom. The van der Waals surface area contributed by atoms with E-state index in [0.29, 0.717) is 0 Å². The maximum absolute atomic E-state index is 14.4. The number of nitrogens with one attached hydrogen (secondary N) is 2. The van der Waals surface area contributed by atoms with Gasteiger partial charge in [0.05, 0.1) is 16.0 Å². The van der Waals surface area contributed by atoms with Crippen molar-refractivity contribution in [2.75, 3.05) is 11.9 Å². The van der Waals surface area contributed by atoms with E-state index in [0.717, 1.165) is 68.5 Å². The minimum atomic E-state index is -4.73. The van der Waals surface area contributed by atoms with Crippen LogP contribution in [0.4, 0.5) is 19.0 Å². The molecule has 0 spiro atoms. The van der Waals surface area contributed by atoms with Gasteiger partial charge >= 0.3 is 6.18 Å². The Hall–Kier alpha value is -2.73. The van der Waals surface area contributed by atoms with E-state index in [1.807, 2.05) is 6.92 Å². The van der Waals surface area contributed by atoms with Crippen LogP contribution in [0.25, 0.3) is 10.4 Å². The third kappa shape index (κ3) is 5.25. The second-order valence-electron chi connectivity index (χ2n) is 11.5. The van der Waals surface area contributed by atoms with E-state index in [2.05, 4.69) is 20.6 Å². The number of anilines is 1. The number of aromatic nitrogens is 2. The monoisotopic (exact) mass is 551 g/mol. The molecule has 2 aliphatic heterocycles. The van der Waals surface area contributed by atoms with Gasteiger partial charge in [-0.1, -0.05) is 0 Å². The fraction of sp³-hybridized carbons (Fsp3) is 0.615. The van der Waals surface area contributed by atoms with Crippen LogP contribution in [0, 0.1) is 0 Å². The van der Waals surface area contributed by atoms with Crippen molar-refractivity contribution in [2.24, 2.45) is 0 Å². The summed E-state index contributed by atoms with van der Waals surface area (Å²) >= 11 is 0.734. The Morgan fingerprint density at radius 2 is 1.82 bits per heavy atom. The fourth-order valence-electron chi connectivity index (χ4n) is 5.56. The van der Waals surface area contributed by atoms with Crippen LogP contribution >= 0.6 is 11.3 Å². The number of hydrogen-bond acceptors (Lipinski definition) is 7. The highest BCUT2D eigenvalue weighted by atomic mass is 32.1. The molecule has 206 valence electrons. The number of carbonyl (C=O) groups excluding carboxylic acids is 2. The number of carbonyl (C=O) groups is 2. The standard InChI is InChI=1S/C26H32F3N5O3S/c1-24(2,37)13-31-21(35)22-32-19(23(36)34-14-5-6-15(34)8-7-14)20(38-22)16-12-30-18(11-17(16)26(27,28)29)33-25(3)9-4-10-25/h11-12,14-15,37H,4-10,13H2,1-3H3,(H,30,33)(H,31,35)/t14-,15+. The molecule has 12 heteroatoms. The highest BCUT2D eigenvalue weighted by molar-refractivity contribution is 7.17. The van der Waals surface area contributed by atoms with Crippen molar-refractivity contribution < 1.29 is 27.9 Å². The van der Waals surface area contributed by atoms with Crippen molar-refractivity contribution in [2.45, 2.75) is 95.1 Å². The molecule has 0 atom stereocenters. The summed E-state index contributed by atoms with van der Waals surface area (Å²) in [5.41, 5.74) is -2.89. The Balaban J connectivity index is 1.56. The van der Waals surface area contributed by atoms with Gasteiger partial charge in [-0.2, -0.15) is 13.2 Å². The van der Waals surface area contributed by atoms with E-state index in [1.54, 1.807) is 4.90 Å². The van der Waals surface area contributed by atoms with Crippen molar-refractivity contribution in [1.82, 2.24) is 20.2 Å². The number of rotatable bonds is 7. The van der Waals surface area contributed by atoms with Crippen LogP contribution in [0.15, 0.2) is 12.3 Å². The van der Waals surface area contributed by atoms with Gasteiger partial charge in [-0.15, -0.1) is 11.3 Å². The van der Waals surface area contributed by atoms with Crippen molar-refractivity contribution >= 4 is 29.0 Å². The lowest BCUT2D eigenvalue weighted by atomic mass is 9.78. The van der Waals surface area contributed by atoms with Gasteiger partial charge in [-0.05, 0) is 71.8 Å². The maximum atomic E-state index is 14.4. The Kier molecular flexibility index (Phi) is 6.70. The van der Waals surface area contributed by atoms with E-state index >= 15 is 0 Å². The lowest BCUT2D eigenvalue weighted by Crippen LogP contribution is -2.41. The predicted molar refractivity (Wildman–Crippen MR) is 137 cm³/mol. The van der Waals surface area contributed by atoms with Crippen molar-refractivity contribution in [1.29, 1.82) is 0 Å². The van der Waals surface area contributed by atoms with E-state index in [9.17, 15) is 27.9 Å². The lowest BCUT2D eigenvalue weighted by Gasteiger charge is -2.39. The molecule has 3 aliphatic rings. The van der Waals surface area contributed by atoms with Gasteiger partial charge in [0.25, 0.3) is 11.8 Å². The average Bonchev–Trinajstić information content (AvgIpc) is 3.54. The molecule has 1 saturated carbocycles. The summed E-state index contributed by atoms with van der Waals surface area (Å²) in [6.45, 7) is 4.89. The molecule has 2 saturated heterocycles. The molecule has 3 N–H and O–H groups in total. The Morgan fingerprint density at radius 3 is 2.34 bits per heavy atom. The van der Waals surface area contributed by atoms with E-state index < -0.39 is 29.2 Å². The summed E-state index contributed by atoms with van der Waals surface area (Å²) in [6, 6.07) is 1.04. The first-order chi connectivity index (χ1) is 17.7. The zero-order valence-electron chi connectivity index (χ0n) is 21.6. The smallest absolute Gasteiger partial charge is 0.389 e. The van der Waals surface area contributed by atoms with Crippen LogP contribution in [0.1, 0.15) is 91.6 Å². The zero-order chi connectivity index (χ0) is 27.5. The first-order valence-electron chi connectivity index (χ1n) is 12.9. The third-order valence-electron chi connectivity index (χ3n) is 7.73. The number of amides is 2. The number of aliphatic hydroxyl groups is 1. The molecule has 38 heavy (non-hydrogen) atoms. The van der Waals surface area contributed by atoms with Gasteiger partial charge in [-0.25, -0.2) is 9.97 Å². The van der Waals surface area contributed by atoms with Crippen LogP contribution < -0.4 is 10.6 Å². The molecule has 4 heterocycles. The number of fused-ring (bicyclic) bond motifs is 2. The summed E-state index contributed by atoms with van der Waals surface area (Å²) in [4.78, 5) is 36.8. The highest BCUT2D eigenvalue weighted by Crippen LogP contribution is 2.44. The minimum absolute atomic E-state index is 0.0315. The van der Waals surface area contributed by atoms with Crippen LogP contribution in [0.3, 0.4) is 0 Å². The summed E-state index contributed by atoms with van der Waals surface area (Å²) in [5.74, 6) is -1.01. The molecule has 2 aromatic rings. The molecule has 0 radical (unpaired) electrons. The molecule has 2 aromatic heterocycles. The zero-order valence-corrected chi connectivity index (χ0v) is 22.4. The van der Waals surface area contributed by atoms with Gasteiger partial charge in [-0.3, -0.25) is 9.59 Å². The summed E-state index contributed by atoms with van der Waals surface area (Å²) in [6.07, 6.45) is 2.47. The second kappa shape index (κ2) is 9.48. The van der Waals surface area contributed by atoms with Crippen molar-refractivity contribution in [3.8, 4) is 10.4 Å². The first-order valence-corrected chi connectivity index (χ1v) is 13.8. The third-order valence-corrected chi connectivity index (χ3v) is 8.82. The lowest BCUT2D eigenvalue weighted by molar-refractivity contribution is -0.137. The van der Waals surface area contributed by atoms with E-state index in [-0.39, 0.29) is 51.1 Å². The molecular weight excluding hydrogens is 519 g/mol. The van der Waals surface area contributed by atoms with Gasteiger partial charge < -0.3 is 20.6 Å². The number of alkyl halides is 3. The molecular formula is C26H32F3N5O3S. The van der Waals surface area contributed by atoms with Gasteiger partial charge in [0, 0.05) is 35.9 Å². The molecule has 0 aromatic carbocycles. The normalized spacial score (nSPS) is 22.3. The molecule has 1 aliphatic carbocycles. The average molecular weight is 552 g/mol. The highest BCUT2D eigenvalue weighted by Gasteiger charge is 2.45. The summed E-state index contributed by atoms with van der Waals surface area (Å²) in [5, 5.41) is 15.5. The molecule has 3 fully saturated rings. The molecule has 8 nitrogen and oxygen atoms in total. The van der Waals surface area contributed by atoms with Crippen molar-refractivity contribution in [3.05, 3.63) is 28.5 Å². The van der Waals surface area contributed by atoms with Crippen LogP contribution in [0.2, 0.25) is 0 Å². The fourth-order valence-corrected chi connectivity index (χ4v) is 6.56. The van der Waals surface area contributed by atoms with Crippen LogP contribution in [0.5, 0.6) is 0 Å². The predicted octanol–water partition coefficient (Wildman–Crippen LogP) is 4.85. The second-order valence-corrected chi connectivity index (χ2v) is 12.5. The number of hydrogen-bond donors (Lipinski definition) is 3. The largest absolute Gasteiger partial charge is 0.417 e. The number of halogens is 3. The van der Waals surface area contributed by atoms with Gasteiger partial charge in [0.15, 0.2) is 5.01 Å². The SMILES string of the molecule is CC(C)(O)CNC(=O)c1nc(C(=O)N2[C@H]3CC[C@@H]2CC3)c(-c2cnc(NC3(C)CCC3)cc2C(F)(F)F)s1. The first kappa shape index (κ1) is 26.9. The van der Waals surface area contributed by atoms with Crippen LogP contribution in [-0.2, 0) is 6.18 Å². The molecule has 2 amide bonds. The van der Waals surface area contributed by atoms with Crippen molar-refractivity contribution in [3.63, 3.8) is 0 Å². The Labute approximate surface area is 223 Å².